The zero-order chi connectivity index (χ0) is 14.7. The first-order valence-corrected chi connectivity index (χ1v) is 7.47. The van der Waals surface area contributed by atoms with Gasteiger partial charge in [0.15, 0.2) is 0 Å². The van der Waals surface area contributed by atoms with Crippen molar-refractivity contribution in [1.82, 2.24) is 4.90 Å². The summed E-state index contributed by atoms with van der Waals surface area (Å²) in [6, 6.07) is 6.31. The van der Waals surface area contributed by atoms with E-state index in [1.807, 2.05) is 4.90 Å². The number of hydrogen-bond acceptors (Lipinski definition) is 3. The lowest BCUT2D eigenvalue weighted by Crippen LogP contribution is -2.46. The van der Waals surface area contributed by atoms with E-state index in [9.17, 15) is 9.18 Å². The lowest BCUT2D eigenvalue weighted by Gasteiger charge is -2.36. The summed E-state index contributed by atoms with van der Waals surface area (Å²) < 4.78 is 24.0. The molecule has 1 unspecified atom stereocenters. The number of rotatable bonds is 2. The number of nitrogens with zero attached hydrogens (tertiary/aromatic N) is 1. The molecule has 2 heterocycles. The van der Waals surface area contributed by atoms with Gasteiger partial charge in [0, 0.05) is 25.7 Å². The molecule has 1 aromatic carbocycles. The van der Waals surface area contributed by atoms with Gasteiger partial charge in [0.1, 0.15) is 11.9 Å². The van der Waals surface area contributed by atoms with E-state index < -0.39 is 0 Å². The molecule has 0 aromatic heterocycles. The van der Waals surface area contributed by atoms with Gasteiger partial charge < -0.3 is 14.4 Å². The summed E-state index contributed by atoms with van der Waals surface area (Å²) in [4.78, 5) is 14.4. The molecule has 1 aromatic rings. The second-order valence-corrected chi connectivity index (χ2v) is 5.58. The van der Waals surface area contributed by atoms with Crippen LogP contribution in [0.4, 0.5) is 4.39 Å². The van der Waals surface area contributed by atoms with Crippen LogP contribution in [0.15, 0.2) is 24.3 Å². The molecule has 1 atom stereocenters. The number of halogens is 1. The standard InChI is InChI=1S/C16H20FNO3/c17-14-3-1-12(2-4-14)15-11-18(7-10-21-15)16(19)13-5-8-20-9-6-13/h1-4,13,15H,5-11H2. The van der Waals surface area contributed by atoms with Gasteiger partial charge in [-0.05, 0) is 30.5 Å². The zero-order valence-electron chi connectivity index (χ0n) is 12.0. The average Bonchev–Trinajstić information content (AvgIpc) is 2.56. The Kier molecular flexibility index (Phi) is 4.51. The van der Waals surface area contributed by atoms with Crippen LogP contribution in [-0.4, -0.2) is 43.7 Å². The first-order valence-electron chi connectivity index (χ1n) is 7.47. The molecule has 3 rings (SSSR count). The fraction of sp³-hybridized carbons (Fsp3) is 0.562. The van der Waals surface area contributed by atoms with Gasteiger partial charge in [0.2, 0.25) is 5.91 Å². The summed E-state index contributed by atoms with van der Waals surface area (Å²) >= 11 is 0. The third-order valence-electron chi connectivity index (χ3n) is 4.19. The fourth-order valence-electron chi connectivity index (χ4n) is 2.93. The SMILES string of the molecule is O=C(C1CCOCC1)N1CCOC(c2ccc(F)cc2)C1. The maximum Gasteiger partial charge on any atom is 0.226 e. The van der Waals surface area contributed by atoms with E-state index in [0.717, 1.165) is 18.4 Å². The molecule has 2 aliphatic rings. The Labute approximate surface area is 123 Å². The maximum absolute atomic E-state index is 13.0. The Balaban J connectivity index is 1.64. The molecule has 0 spiro atoms. The Morgan fingerprint density at radius 2 is 1.86 bits per heavy atom. The highest BCUT2D eigenvalue weighted by Gasteiger charge is 2.30. The number of carbonyl (C=O) groups excluding carboxylic acids is 1. The molecule has 0 aliphatic carbocycles. The van der Waals surface area contributed by atoms with Crippen molar-refractivity contribution >= 4 is 5.91 Å². The number of benzene rings is 1. The molecule has 5 heteroatoms. The highest BCUT2D eigenvalue weighted by atomic mass is 19.1. The van der Waals surface area contributed by atoms with E-state index in [1.165, 1.54) is 12.1 Å². The molecule has 4 nitrogen and oxygen atoms in total. The molecule has 21 heavy (non-hydrogen) atoms. The largest absolute Gasteiger partial charge is 0.381 e. The monoisotopic (exact) mass is 293 g/mol. The van der Waals surface area contributed by atoms with Crippen molar-refractivity contribution in [2.75, 3.05) is 32.9 Å². The quantitative estimate of drug-likeness (QED) is 0.838. The third kappa shape index (κ3) is 3.41. The minimum Gasteiger partial charge on any atom is -0.381 e. The highest BCUT2D eigenvalue weighted by molar-refractivity contribution is 5.79. The summed E-state index contributed by atoms with van der Waals surface area (Å²) in [7, 11) is 0. The van der Waals surface area contributed by atoms with Gasteiger partial charge in [-0.25, -0.2) is 4.39 Å². The van der Waals surface area contributed by atoms with E-state index in [4.69, 9.17) is 9.47 Å². The van der Waals surface area contributed by atoms with Gasteiger partial charge in [-0.2, -0.15) is 0 Å². The van der Waals surface area contributed by atoms with Gasteiger partial charge in [-0.3, -0.25) is 4.79 Å². The van der Waals surface area contributed by atoms with E-state index >= 15 is 0 Å². The Hall–Kier alpha value is -1.46. The van der Waals surface area contributed by atoms with Crippen molar-refractivity contribution in [2.45, 2.75) is 18.9 Å². The van der Waals surface area contributed by atoms with Crippen LogP contribution in [0, 0.1) is 11.7 Å². The predicted molar refractivity (Wildman–Crippen MR) is 75.2 cm³/mol. The third-order valence-corrected chi connectivity index (χ3v) is 4.19. The van der Waals surface area contributed by atoms with E-state index in [0.29, 0.717) is 32.9 Å². The molecule has 0 N–H and O–H groups in total. The van der Waals surface area contributed by atoms with Crippen molar-refractivity contribution in [3.63, 3.8) is 0 Å². The van der Waals surface area contributed by atoms with Crippen LogP contribution < -0.4 is 0 Å². The van der Waals surface area contributed by atoms with Crippen LogP contribution >= 0.6 is 0 Å². The minimum absolute atomic E-state index is 0.0747. The Morgan fingerprint density at radius 1 is 1.14 bits per heavy atom. The minimum atomic E-state index is -0.260. The highest BCUT2D eigenvalue weighted by Crippen LogP contribution is 2.25. The van der Waals surface area contributed by atoms with Gasteiger partial charge in [-0.1, -0.05) is 12.1 Å². The van der Waals surface area contributed by atoms with Crippen LogP contribution in [0.2, 0.25) is 0 Å². The average molecular weight is 293 g/mol. The normalized spacial score (nSPS) is 24.0. The van der Waals surface area contributed by atoms with E-state index in [2.05, 4.69) is 0 Å². The number of hydrogen-bond donors (Lipinski definition) is 0. The van der Waals surface area contributed by atoms with Gasteiger partial charge in [0.05, 0.1) is 13.2 Å². The number of carbonyl (C=O) groups is 1. The van der Waals surface area contributed by atoms with Gasteiger partial charge in [0.25, 0.3) is 0 Å². The summed E-state index contributed by atoms with van der Waals surface area (Å²) in [5.74, 6) is 0.0177. The fourth-order valence-corrected chi connectivity index (χ4v) is 2.93. The smallest absolute Gasteiger partial charge is 0.226 e. The summed E-state index contributed by atoms with van der Waals surface area (Å²) in [5.41, 5.74) is 0.917. The number of amides is 1. The van der Waals surface area contributed by atoms with Crippen molar-refractivity contribution in [1.29, 1.82) is 0 Å². The molecule has 1 amide bonds. The van der Waals surface area contributed by atoms with Crippen LogP contribution in [0.1, 0.15) is 24.5 Å². The molecule has 114 valence electrons. The van der Waals surface area contributed by atoms with Crippen LogP contribution in [0.25, 0.3) is 0 Å². The van der Waals surface area contributed by atoms with Crippen molar-refractivity contribution in [2.24, 2.45) is 5.92 Å². The van der Waals surface area contributed by atoms with Crippen molar-refractivity contribution < 1.29 is 18.7 Å². The molecule has 2 fully saturated rings. The van der Waals surface area contributed by atoms with Crippen LogP contribution in [-0.2, 0) is 14.3 Å². The number of ether oxygens (including phenoxy) is 2. The molecule has 2 saturated heterocycles. The number of morpholine rings is 1. The zero-order valence-corrected chi connectivity index (χ0v) is 12.0. The first-order chi connectivity index (χ1) is 10.2. The Bertz CT molecular complexity index is 485. The van der Waals surface area contributed by atoms with Gasteiger partial charge >= 0.3 is 0 Å². The first kappa shape index (κ1) is 14.5. The summed E-state index contributed by atoms with van der Waals surface area (Å²) in [6.07, 6.45) is 1.44. The second-order valence-electron chi connectivity index (χ2n) is 5.58. The molecular formula is C16H20FNO3. The molecule has 0 radical (unpaired) electrons. The molecular weight excluding hydrogens is 273 g/mol. The maximum atomic E-state index is 13.0. The topological polar surface area (TPSA) is 38.8 Å². The van der Waals surface area contributed by atoms with Gasteiger partial charge in [-0.15, -0.1) is 0 Å². The van der Waals surface area contributed by atoms with Crippen LogP contribution in [0.3, 0.4) is 0 Å². The van der Waals surface area contributed by atoms with Crippen molar-refractivity contribution in [3.05, 3.63) is 35.6 Å². The molecule has 0 bridgehead atoms. The van der Waals surface area contributed by atoms with Crippen molar-refractivity contribution in [3.8, 4) is 0 Å². The van der Waals surface area contributed by atoms with Crippen LogP contribution in [0.5, 0.6) is 0 Å². The second kappa shape index (κ2) is 6.54. The predicted octanol–water partition coefficient (Wildman–Crippen LogP) is 2.15. The summed E-state index contributed by atoms with van der Waals surface area (Å²) in [6.45, 7) is 3.04. The lowest BCUT2D eigenvalue weighted by molar-refractivity contribution is -0.146. The van der Waals surface area contributed by atoms with E-state index in [-0.39, 0.29) is 23.7 Å². The Morgan fingerprint density at radius 3 is 2.57 bits per heavy atom. The lowest BCUT2D eigenvalue weighted by atomic mass is 9.97. The molecule has 0 saturated carbocycles. The summed E-state index contributed by atoms with van der Waals surface area (Å²) in [5, 5.41) is 0. The van der Waals surface area contributed by atoms with E-state index in [1.54, 1.807) is 12.1 Å². The molecule has 2 aliphatic heterocycles.